The van der Waals surface area contributed by atoms with E-state index >= 15 is 0 Å². The molecule has 0 aliphatic carbocycles. The maximum Gasteiger partial charge on any atom is 0.146 e. The standard InChI is InChI=1S/C12H17FN2/c1-9-4-6-15(7-5-9)10-2-3-11(13)12(14)8-10/h2-3,8-9H,4-7,14H2,1H3. The largest absolute Gasteiger partial charge is 0.396 e. The van der Waals surface area contributed by atoms with Crippen LogP contribution in [0.15, 0.2) is 18.2 Å². The number of nitrogens with two attached hydrogens (primary N) is 1. The summed E-state index contributed by atoms with van der Waals surface area (Å²) < 4.78 is 13.0. The van der Waals surface area contributed by atoms with Gasteiger partial charge in [0.25, 0.3) is 0 Å². The summed E-state index contributed by atoms with van der Waals surface area (Å²) in [5, 5.41) is 0. The van der Waals surface area contributed by atoms with Gasteiger partial charge in [0, 0.05) is 18.8 Å². The van der Waals surface area contributed by atoms with Crippen molar-refractivity contribution in [3.63, 3.8) is 0 Å². The molecule has 0 saturated carbocycles. The summed E-state index contributed by atoms with van der Waals surface area (Å²) in [7, 11) is 0. The molecule has 2 rings (SSSR count). The summed E-state index contributed by atoms with van der Waals surface area (Å²) in [6.45, 7) is 4.37. The lowest BCUT2D eigenvalue weighted by molar-refractivity contribution is 0.438. The van der Waals surface area contributed by atoms with Crippen molar-refractivity contribution >= 4 is 11.4 Å². The molecular weight excluding hydrogens is 191 g/mol. The summed E-state index contributed by atoms with van der Waals surface area (Å²) in [4.78, 5) is 2.27. The van der Waals surface area contributed by atoms with Crippen LogP contribution in [-0.2, 0) is 0 Å². The first-order valence-corrected chi connectivity index (χ1v) is 5.47. The number of hydrogen-bond donors (Lipinski definition) is 1. The van der Waals surface area contributed by atoms with Crippen LogP contribution in [0.3, 0.4) is 0 Å². The highest BCUT2D eigenvalue weighted by Crippen LogP contribution is 2.25. The molecule has 0 unspecified atom stereocenters. The van der Waals surface area contributed by atoms with Crippen LogP contribution < -0.4 is 10.6 Å². The molecule has 1 aliphatic rings. The molecule has 1 saturated heterocycles. The summed E-state index contributed by atoms with van der Waals surface area (Å²) in [5.41, 5.74) is 6.84. The number of nitrogen functional groups attached to an aromatic ring is 1. The molecular formula is C12H17FN2. The molecule has 0 bridgehead atoms. The van der Waals surface area contributed by atoms with Crippen molar-refractivity contribution in [1.82, 2.24) is 0 Å². The minimum atomic E-state index is -0.330. The van der Waals surface area contributed by atoms with E-state index < -0.39 is 0 Å². The Hall–Kier alpha value is -1.25. The number of piperidine rings is 1. The number of hydrogen-bond acceptors (Lipinski definition) is 2. The number of nitrogens with zero attached hydrogens (tertiary/aromatic N) is 1. The van der Waals surface area contributed by atoms with Crippen LogP contribution >= 0.6 is 0 Å². The lowest BCUT2D eigenvalue weighted by atomic mass is 9.99. The lowest BCUT2D eigenvalue weighted by Crippen LogP contribution is -2.32. The average molecular weight is 208 g/mol. The first-order chi connectivity index (χ1) is 7.16. The summed E-state index contributed by atoms with van der Waals surface area (Å²) in [6, 6.07) is 4.98. The maximum absolute atomic E-state index is 13.0. The molecule has 1 aliphatic heterocycles. The van der Waals surface area contributed by atoms with Gasteiger partial charge in [-0.1, -0.05) is 6.92 Å². The van der Waals surface area contributed by atoms with Crippen molar-refractivity contribution < 1.29 is 4.39 Å². The predicted octanol–water partition coefficient (Wildman–Crippen LogP) is 2.64. The first kappa shape index (κ1) is 10.3. The molecule has 15 heavy (non-hydrogen) atoms. The number of halogens is 1. The topological polar surface area (TPSA) is 29.3 Å². The van der Waals surface area contributed by atoms with Crippen molar-refractivity contribution in [2.45, 2.75) is 19.8 Å². The van der Waals surface area contributed by atoms with Crippen molar-refractivity contribution in [2.24, 2.45) is 5.92 Å². The number of rotatable bonds is 1. The molecule has 1 aromatic carbocycles. The molecule has 1 aromatic rings. The van der Waals surface area contributed by atoms with E-state index in [4.69, 9.17) is 5.73 Å². The monoisotopic (exact) mass is 208 g/mol. The minimum absolute atomic E-state index is 0.242. The van der Waals surface area contributed by atoms with E-state index in [9.17, 15) is 4.39 Å². The summed E-state index contributed by atoms with van der Waals surface area (Å²) in [6.07, 6.45) is 2.41. The van der Waals surface area contributed by atoms with E-state index in [0.717, 1.165) is 24.7 Å². The zero-order valence-corrected chi connectivity index (χ0v) is 9.04. The van der Waals surface area contributed by atoms with Gasteiger partial charge in [-0.25, -0.2) is 4.39 Å². The zero-order valence-electron chi connectivity index (χ0n) is 9.04. The van der Waals surface area contributed by atoms with Gasteiger partial charge in [0.05, 0.1) is 5.69 Å². The normalized spacial score (nSPS) is 18.1. The molecule has 0 amide bonds. The van der Waals surface area contributed by atoms with E-state index in [1.165, 1.54) is 18.9 Å². The Bertz CT molecular complexity index is 343. The second kappa shape index (κ2) is 4.09. The minimum Gasteiger partial charge on any atom is -0.396 e. The highest BCUT2D eigenvalue weighted by molar-refractivity contribution is 5.56. The van der Waals surface area contributed by atoms with Crippen LogP contribution in [-0.4, -0.2) is 13.1 Å². The van der Waals surface area contributed by atoms with Crippen LogP contribution in [0, 0.1) is 11.7 Å². The smallest absolute Gasteiger partial charge is 0.146 e. The van der Waals surface area contributed by atoms with Gasteiger partial charge in [-0.15, -0.1) is 0 Å². The van der Waals surface area contributed by atoms with Crippen LogP contribution in [0.25, 0.3) is 0 Å². The zero-order chi connectivity index (χ0) is 10.8. The average Bonchev–Trinajstić information content (AvgIpc) is 2.23. The van der Waals surface area contributed by atoms with Gasteiger partial charge in [-0.2, -0.15) is 0 Å². The fourth-order valence-corrected chi connectivity index (χ4v) is 1.99. The molecule has 0 atom stereocenters. The van der Waals surface area contributed by atoms with Crippen molar-refractivity contribution in [3.05, 3.63) is 24.0 Å². The Labute approximate surface area is 89.9 Å². The number of benzene rings is 1. The van der Waals surface area contributed by atoms with E-state index in [1.54, 1.807) is 6.07 Å². The predicted molar refractivity (Wildman–Crippen MR) is 61.4 cm³/mol. The summed E-state index contributed by atoms with van der Waals surface area (Å²) in [5.74, 6) is 0.475. The summed E-state index contributed by atoms with van der Waals surface area (Å²) >= 11 is 0. The van der Waals surface area contributed by atoms with Crippen LogP contribution in [0.1, 0.15) is 19.8 Å². The molecule has 0 spiro atoms. The van der Waals surface area contributed by atoms with Gasteiger partial charge in [0.1, 0.15) is 5.82 Å². The Balaban J connectivity index is 2.12. The fourth-order valence-electron chi connectivity index (χ4n) is 1.99. The molecule has 1 fully saturated rings. The third-order valence-corrected chi connectivity index (χ3v) is 3.13. The molecule has 82 valence electrons. The molecule has 2 N–H and O–H groups in total. The molecule has 2 nitrogen and oxygen atoms in total. The van der Waals surface area contributed by atoms with Gasteiger partial charge in [-0.05, 0) is 37.0 Å². The maximum atomic E-state index is 13.0. The third kappa shape index (κ3) is 2.22. The highest BCUT2D eigenvalue weighted by atomic mass is 19.1. The second-order valence-electron chi connectivity index (χ2n) is 4.38. The van der Waals surface area contributed by atoms with Gasteiger partial charge in [0.2, 0.25) is 0 Å². The number of anilines is 2. The van der Waals surface area contributed by atoms with Crippen LogP contribution in [0.5, 0.6) is 0 Å². The highest BCUT2D eigenvalue weighted by Gasteiger charge is 2.16. The van der Waals surface area contributed by atoms with E-state index in [0.29, 0.717) is 0 Å². The Morgan fingerprint density at radius 3 is 2.60 bits per heavy atom. The van der Waals surface area contributed by atoms with E-state index in [2.05, 4.69) is 11.8 Å². The van der Waals surface area contributed by atoms with Crippen molar-refractivity contribution in [1.29, 1.82) is 0 Å². The molecule has 3 heteroatoms. The fraction of sp³-hybridized carbons (Fsp3) is 0.500. The lowest BCUT2D eigenvalue weighted by Gasteiger charge is -2.32. The van der Waals surface area contributed by atoms with E-state index in [1.807, 2.05) is 6.07 Å². The third-order valence-electron chi connectivity index (χ3n) is 3.13. The molecule has 0 radical (unpaired) electrons. The van der Waals surface area contributed by atoms with E-state index in [-0.39, 0.29) is 11.5 Å². The Morgan fingerprint density at radius 1 is 1.33 bits per heavy atom. The molecule has 1 heterocycles. The van der Waals surface area contributed by atoms with Gasteiger partial charge >= 0.3 is 0 Å². The SMILES string of the molecule is CC1CCN(c2ccc(F)c(N)c2)CC1. The second-order valence-corrected chi connectivity index (χ2v) is 4.38. The van der Waals surface area contributed by atoms with Crippen LogP contribution in [0.2, 0.25) is 0 Å². The first-order valence-electron chi connectivity index (χ1n) is 5.47. The van der Waals surface area contributed by atoms with Crippen LogP contribution in [0.4, 0.5) is 15.8 Å². The van der Waals surface area contributed by atoms with Gasteiger partial charge in [-0.3, -0.25) is 0 Å². The quantitative estimate of drug-likeness (QED) is 0.719. The van der Waals surface area contributed by atoms with Crippen molar-refractivity contribution in [2.75, 3.05) is 23.7 Å². The Kier molecular flexibility index (Phi) is 2.80. The van der Waals surface area contributed by atoms with Gasteiger partial charge < -0.3 is 10.6 Å². The molecule has 0 aromatic heterocycles. The van der Waals surface area contributed by atoms with Gasteiger partial charge in [0.15, 0.2) is 0 Å². The van der Waals surface area contributed by atoms with Crippen molar-refractivity contribution in [3.8, 4) is 0 Å². The Morgan fingerprint density at radius 2 is 2.00 bits per heavy atom.